The molecule has 1 aliphatic rings. The van der Waals surface area contributed by atoms with Crippen molar-refractivity contribution in [3.63, 3.8) is 0 Å². The van der Waals surface area contributed by atoms with E-state index in [0.717, 1.165) is 0 Å². The Morgan fingerprint density at radius 2 is 1.83 bits per heavy atom. The van der Waals surface area contributed by atoms with Gasteiger partial charge in [0.15, 0.2) is 11.6 Å². The Morgan fingerprint density at radius 3 is 2.46 bits per heavy atom. The summed E-state index contributed by atoms with van der Waals surface area (Å²) in [6.45, 7) is 6.57. The standard InChI is InChI=1S/C30H38Cl2N2O7/c1-29(2,3)41-25(36)13-14-30(28(37)33-15-5-17-38-4)26(23-12-9-21(31)19-24(23)32)40-27(34-30)20-7-10-22(11-8-20)39-18-6-16-35/h7-12,19,26,35H,5-6,13-18H2,1-4H3,(H,33,37)/t26-,30-/m1/s1. The maximum Gasteiger partial charge on any atom is 0.306 e. The molecule has 2 aromatic carbocycles. The molecule has 2 atom stereocenters. The molecular weight excluding hydrogens is 571 g/mol. The molecule has 0 saturated heterocycles. The van der Waals surface area contributed by atoms with E-state index in [2.05, 4.69) is 5.32 Å². The minimum atomic E-state index is -1.53. The lowest BCUT2D eigenvalue weighted by Crippen LogP contribution is -2.49. The van der Waals surface area contributed by atoms with Crippen LogP contribution < -0.4 is 10.1 Å². The van der Waals surface area contributed by atoms with Crippen LogP contribution >= 0.6 is 23.2 Å². The summed E-state index contributed by atoms with van der Waals surface area (Å²) in [5.41, 5.74) is -1.10. The molecule has 0 bridgehead atoms. The maximum absolute atomic E-state index is 14.0. The van der Waals surface area contributed by atoms with Gasteiger partial charge >= 0.3 is 5.97 Å². The average Bonchev–Trinajstić information content (AvgIpc) is 3.30. The summed E-state index contributed by atoms with van der Waals surface area (Å²) >= 11 is 12.8. The van der Waals surface area contributed by atoms with Crippen molar-refractivity contribution in [3.05, 3.63) is 63.6 Å². The van der Waals surface area contributed by atoms with Gasteiger partial charge in [0, 0.05) is 60.9 Å². The second-order valence-electron chi connectivity index (χ2n) is 10.6. The summed E-state index contributed by atoms with van der Waals surface area (Å²) in [5, 5.41) is 12.7. The molecule has 224 valence electrons. The van der Waals surface area contributed by atoms with Crippen LogP contribution in [0.1, 0.15) is 63.7 Å². The highest BCUT2D eigenvalue weighted by Gasteiger charge is 2.53. The number of ether oxygens (including phenoxy) is 4. The van der Waals surface area contributed by atoms with Crippen LogP contribution in [-0.2, 0) is 23.8 Å². The van der Waals surface area contributed by atoms with Crippen LogP contribution in [0.2, 0.25) is 10.0 Å². The lowest BCUT2D eigenvalue weighted by atomic mass is 9.83. The Labute approximate surface area is 251 Å². The van der Waals surface area contributed by atoms with Crippen molar-refractivity contribution in [2.45, 2.75) is 63.7 Å². The third-order valence-electron chi connectivity index (χ3n) is 6.22. The fourth-order valence-electron chi connectivity index (χ4n) is 4.32. The van der Waals surface area contributed by atoms with Crippen LogP contribution in [-0.4, -0.2) is 67.5 Å². The second kappa shape index (κ2) is 14.9. The van der Waals surface area contributed by atoms with E-state index in [4.69, 9.17) is 52.2 Å². The van der Waals surface area contributed by atoms with Gasteiger partial charge < -0.3 is 29.4 Å². The van der Waals surface area contributed by atoms with E-state index in [-0.39, 0.29) is 25.3 Å². The van der Waals surface area contributed by atoms with Gasteiger partial charge in [0.05, 0.1) is 6.61 Å². The number of aliphatic hydroxyl groups excluding tert-OH is 1. The molecule has 11 heteroatoms. The molecule has 0 radical (unpaired) electrons. The van der Waals surface area contributed by atoms with Gasteiger partial charge in [0.2, 0.25) is 5.90 Å². The first kappa shape index (κ1) is 32.7. The predicted molar refractivity (Wildman–Crippen MR) is 158 cm³/mol. The molecule has 0 aliphatic carbocycles. The maximum atomic E-state index is 14.0. The van der Waals surface area contributed by atoms with E-state index in [1.54, 1.807) is 70.3 Å². The van der Waals surface area contributed by atoms with Crippen LogP contribution in [0, 0.1) is 0 Å². The lowest BCUT2D eigenvalue weighted by Gasteiger charge is -2.31. The van der Waals surface area contributed by atoms with Gasteiger partial charge in [-0.15, -0.1) is 0 Å². The van der Waals surface area contributed by atoms with Crippen molar-refractivity contribution in [2.75, 3.05) is 33.5 Å². The van der Waals surface area contributed by atoms with Gasteiger partial charge in [-0.25, -0.2) is 4.99 Å². The first-order valence-corrected chi connectivity index (χ1v) is 14.3. The zero-order valence-electron chi connectivity index (χ0n) is 23.9. The highest BCUT2D eigenvalue weighted by atomic mass is 35.5. The molecular formula is C30H38Cl2N2O7. The van der Waals surface area contributed by atoms with Crippen molar-refractivity contribution >= 4 is 41.0 Å². The number of aliphatic imine (C=N–C) groups is 1. The van der Waals surface area contributed by atoms with Crippen LogP contribution in [0.5, 0.6) is 5.75 Å². The Bertz CT molecular complexity index is 1210. The molecule has 0 unspecified atom stereocenters. The molecule has 2 N–H and O–H groups in total. The zero-order valence-corrected chi connectivity index (χ0v) is 25.4. The SMILES string of the molecule is COCCCNC(=O)[C@]1(CCC(=O)OC(C)(C)C)N=C(c2ccc(OCCCO)cc2)O[C@@H]1c1ccc(Cl)cc1Cl. The number of hydrogen-bond donors (Lipinski definition) is 2. The molecule has 41 heavy (non-hydrogen) atoms. The second-order valence-corrected chi connectivity index (χ2v) is 11.5. The van der Waals surface area contributed by atoms with Crippen molar-refractivity contribution in [1.82, 2.24) is 5.32 Å². The summed E-state index contributed by atoms with van der Waals surface area (Å²) in [6.07, 6.45) is 0.0789. The van der Waals surface area contributed by atoms with Gasteiger partial charge in [0.1, 0.15) is 11.4 Å². The van der Waals surface area contributed by atoms with E-state index in [1.165, 1.54) is 0 Å². The van der Waals surface area contributed by atoms with Crippen LogP contribution in [0.4, 0.5) is 0 Å². The van der Waals surface area contributed by atoms with Crippen LogP contribution in [0.25, 0.3) is 0 Å². The number of hydrogen-bond acceptors (Lipinski definition) is 8. The quantitative estimate of drug-likeness (QED) is 0.221. The van der Waals surface area contributed by atoms with Crippen molar-refractivity contribution in [1.29, 1.82) is 0 Å². The van der Waals surface area contributed by atoms with Gasteiger partial charge in [-0.1, -0.05) is 29.3 Å². The number of methoxy groups -OCH3 is 1. The number of nitrogens with one attached hydrogen (secondary N) is 1. The lowest BCUT2D eigenvalue weighted by molar-refractivity contribution is -0.155. The zero-order chi connectivity index (χ0) is 30.0. The number of halogens is 2. The molecule has 1 aliphatic heterocycles. The number of benzene rings is 2. The summed E-state index contributed by atoms with van der Waals surface area (Å²) in [5.74, 6) is -0.0329. The van der Waals surface area contributed by atoms with E-state index >= 15 is 0 Å². The summed E-state index contributed by atoms with van der Waals surface area (Å²) in [4.78, 5) is 31.6. The fraction of sp³-hybridized carbons (Fsp3) is 0.500. The molecule has 2 aromatic rings. The third-order valence-corrected chi connectivity index (χ3v) is 6.78. The summed E-state index contributed by atoms with van der Waals surface area (Å²) in [7, 11) is 1.59. The number of rotatable bonds is 14. The Hall–Kier alpha value is -2.85. The molecule has 1 heterocycles. The first-order chi connectivity index (χ1) is 19.5. The minimum Gasteiger partial charge on any atom is -0.494 e. The fourth-order valence-corrected chi connectivity index (χ4v) is 4.83. The Kier molecular flexibility index (Phi) is 11.8. The van der Waals surface area contributed by atoms with E-state index in [0.29, 0.717) is 59.5 Å². The van der Waals surface area contributed by atoms with Gasteiger partial charge in [-0.3, -0.25) is 9.59 Å². The molecule has 0 aromatic heterocycles. The number of amides is 1. The van der Waals surface area contributed by atoms with Gasteiger partial charge in [-0.2, -0.15) is 0 Å². The molecule has 9 nitrogen and oxygen atoms in total. The predicted octanol–water partition coefficient (Wildman–Crippen LogP) is 5.29. The van der Waals surface area contributed by atoms with Crippen molar-refractivity contribution < 1.29 is 33.6 Å². The first-order valence-electron chi connectivity index (χ1n) is 13.5. The Balaban J connectivity index is 2.03. The molecule has 3 rings (SSSR count). The molecule has 1 amide bonds. The van der Waals surface area contributed by atoms with Gasteiger partial charge in [-0.05, 0) is 70.0 Å². The van der Waals surface area contributed by atoms with E-state index < -0.39 is 29.1 Å². The van der Waals surface area contributed by atoms with E-state index in [9.17, 15) is 9.59 Å². The van der Waals surface area contributed by atoms with Crippen LogP contribution in [0.3, 0.4) is 0 Å². The topological polar surface area (TPSA) is 116 Å². The largest absolute Gasteiger partial charge is 0.494 e. The number of nitrogens with zero attached hydrogens (tertiary/aromatic N) is 1. The minimum absolute atomic E-state index is 0.00744. The highest BCUT2D eigenvalue weighted by molar-refractivity contribution is 6.35. The average molecular weight is 610 g/mol. The summed E-state index contributed by atoms with van der Waals surface area (Å²) in [6, 6.07) is 12.0. The molecule has 0 fully saturated rings. The highest BCUT2D eigenvalue weighted by Crippen LogP contribution is 2.45. The van der Waals surface area contributed by atoms with Gasteiger partial charge in [0.25, 0.3) is 5.91 Å². The number of carbonyl (C=O) groups excluding carboxylic acids is 2. The van der Waals surface area contributed by atoms with Crippen molar-refractivity contribution in [2.24, 2.45) is 4.99 Å². The number of esters is 1. The molecule has 0 spiro atoms. The Morgan fingerprint density at radius 1 is 1.10 bits per heavy atom. The van der Waals surface area contributed by atoms with Crippen LogP contribution in [0.15, 0.2) is 47.5 Å². The van der Waals surface area contributed by atoms with E-state index in [1.807, 2.05) is 0 Å². The number of carbonyl (C=O) groups is 2. The van der Waals surface area contributed by atoms with Crippen molar-refractivity contribution in [3.8, 4) is 5.75 Å². The normalized spacial score (nSPS) is 18.4. The molecule has 0 saturated carbocycles. The number of aliphatic hydroxyl groups is 1. The monoisotopic (exact) mass is 608 g/mol. The summed E-state index contributed by atoms with van der Waals surface area (Å²) < 4.78 is 22.7. The third kappa shape index (κ3) is 9.07. The smallest absolute Gasteiger partial charge is 0.306 e.